The molecule has 24 bridgehead atoms. The fourth-order valence-corrected chi connectivity index (χ4v) is 47.0. The zero-order valence-electron chi connectivity index (χ0n) is 83.6. The van der Waals surface area contributed by atoms with Gasteiger partial charge in [0, 0.05) is 54.9 Å². The third-order valence-corrected chi connectivity index (χ3v) is 52.1. The van der Waals surface area contributed by atoms with Crippen LogP contribution >= 0.6 is 0 Å². The molecule has 24 N–H and O–H groups in total. The molecule has 54 unspecified atom stereocenters. The zero-order chi connectivity index (χ0) is 98.8. The van der Waals surface area contributed by atoms with Crippen molar-refractivity contribution in [2.24, 2.45) is 142 Å². The predicted octanol–water partition coefficient (Wildman–Crippen LogP) is -1.05. The molecule has 42 nitrogen and oxygen atoms in total. The molecule has 0 aromatic heterocycles. The average molecular weight is 2230 g/mol. The van der Waals surface area contributed by atoms with E-state index in [9.17, 15) is 77.8 Å². The summed E-state index contributed by atoms with van der Waals surface area (Å²) in [4.78, 5) is 0. The van der Waals surface area contributed by atoms with Crippen molar-refractivity contribution >= 4 is 60.7 Å². The molecule has 15 saturated heterocycles. The summed E-state index contributed by atoms with van der Waals surface area (Å²) < 4.78 is 229. The zero-order valence-corrected chi connectivity index (χ0v) is 91.3. The Morgan fingerprint density at radius 3 is 0.315 bits per heavy atom. The van der Waals surface area contributed by atoms with Gasteiger partial charge in [0.1, 0.15) is 0 Å². The van der Waals surface area contributed by atoms with E-state index in [1.165, 1.54) is 96.3 Å². The molecule has 0 aromatic carbocycles. The maximum absolute atomic E-state index is 13.0. The van der Waals surface area contributed by atoms with Crippen molar-refractivity contribution in [3.8, 4) is 0 Å². The van der Waals surface area contributed by atoms with Gasteiger partial charge in [0.15, 0.2) is 0 Å². The summed E-state index contributed by atoms with van der Waals surface area (Å²) in [6.45, 7) is 0. The van der Waals surface area contributed by atoms with Crippen LogP contribution in [0.2, 0.25) is 0 Å². The first-order chi connectivity index (χ1) is 69.1. The number of fused-ring (bicyclic) bond motifs is 60. The topological polar surface area (TPSA) is 632 Å². The van der Waals surface area contributed by atoms with Gasteiger partial charge in [-0.1, -0.05) is 116 Å². The molecule has 12 saturated carbocycles. The van der Waals surface area contributed by atoms with E-state index in [0.29, 0.717) is 126 Å². The van der Waals surface area contributed by atoms with E-state index >= 15 is 0 Å². The molecule has 0 spiro atoms. The van der Waals surface area contributed by atoms with Crippen LogP contribution in [0.5, 0.6) is 0 Å². The minimum absolute atomic E-state index is 0. The Kier molecular flexibility index (Phi) is 31.9. The molecule has 146 heavy (non-hydrogen) atoms. The Balaban J connectivity index is 0.000000120. The molecule has 27 rings (SSSR count). The second-order valence-corrected chi connectivity index (χ2v) is 59.8. The maximum Gasteiger partial charge on any atom is 0.0991 e. The quantitative estimate of drug-likeness (QED) is 0.141. The first-order valence-corrected chi connectivity index (χ1v) is 65.9. The van der Waals surface area contributed by atoms with Crippen molar-refractivity contribution in [3.05, 3.63) is 0 Å². The van der Waals surface area contributed by atoms with Crippen LogP contribution in [0.3, 0.4) is 0 Å². The minimum Gasteiger partial charge on any atom is -0.748 e. The molecule has 15 aliphatic heterocycles. The van der Waals surface area contributed by atoms with Gasteiger partial charge in [0.2, 0.25) is 0 Å². The number of hydrogen-bond donors (Lipinski definition) is 24. The van der Waals surface area contributed by atoms with Crippen molar-refractivity contribution in [1.82, 2.24) is 128 Å². The average Bonchev–Trinajstić information content (AvgIpc) is 1.58. The van der Waals surface area contributed by atoms with Crippen LogP contribution in [0.25, 0.3) is 0 Å². The van der Waals surface area contributed by atoms with Crippen LogP contribution in [0, 0.1) is 142 Å². The van der Waals surface area contributed by atoms with Gasteiger partial charge in [-0.25, -0.2) is 50.5 Å². The first kappa shape index (κ1) is 108. The molecule has 15 heterocycles. The molecule has 12 aliphatic carbocycles. The molecule has 27 aliphatic rings. The van der Waals surface area contributed by atoms with Gasteiger partial charge in [-0.2, -0.15) is 0 Å². The molecule has 54 atom stereocenters. The van der Waals surface area contributed by atoms with Crippen molar-refractivity contribution in [2.45, 2.75) is 449 Å². The Morgan fingerprint density at radius 2 is 0.219 bits per heavy atom. The van der Waals surface area contributed by atoms with Gasteiger partial charge in [-0.05, 0) is 278 Å². The SMILES string of the molecule is O=S(=O)([O-])C1CCC2C3NC4NC(NC5NC(NC6NC(NC(N3)C2C1S(=O)(=O)[O-])C1CCCCC61)C1CCCCC51)C1CCCCC41.O=S(=O)([O-])C1CCC2C3NC4NC(NC5NC(NC6NC(NC(N3)C2C1S(=O)(=O)[O-])C1CCCCC61)C1CCCCC51)C1CCCCC41.O=S(=O)([O-])C1CCC2C3NC4NC(NC5NC(NC6NC(NC(N3)C2C1S(=O)(=O)[O-])C1CCCCC61)C1CCCCC51)C1CCCCC41.[V].[V]. The van der Waals surface area contributed by atoms with Crippen molar-refractivity contribution in [3.63, 3.8) is 0 Å². The van der Waals surface area contributed by atoms with Gasteiger partial charge in [0.25, 0.3) is 0 Å². The molecule has 0 aromatic rings. The Hall–Kier alpha value is -0.331. The molecule has 50 heteroatoms. The summed E-state index contributed by atoms with van der Waals surface area (Å²) in [6, 6.07) is 0. The summed E-state index contributed by atoms with van der Waals surface area (Å²) >= 11 is 0. The smallest absolute Gasteiger partial charge is 0.0991 e. The van der Waals surface area contributed by atoms with E-state index in [1.54, 1.807) is 0 Å². The fraction of sp³-hybridized carbons (Fsp3) is 1.00. The van der Waals surface area contributed by atoms with Gasteiger partial charge in [0.05, 0.1) is 240 Å². The van der Waals surface area contributed by atoms with Crippen LogP contribution in [0.4, 0.5) is 0 Å². The van der Waals surface area contributed by atoms with E-state index in [0.717, 1.165) is 135 Å². The number of nitrogens with one attached hydrogen (secondary N) is 24. The third kappa shape index (κ3) is 20.5. The molecular weight excluding hydrogens is 2070 g/mol. The van der Waals surface area contributed by atoms with Crippen LogP contribution in [-0.2, 0) is 97.8 Å². The van der Waals surface area contributed by atoms with Crippen molar-refractivity contribution in [2.75, 3.05) is 0 Å². The summed E-state index contributed by atoms with van der Waals surface area (Å²) in [7, 11) is -30.4. The minimum atomic E-state index is -5.12. The Bertz CT molecular complexity index is 4840. The van der Waals surface area contributed by atoms with E-state index in [4.69, 9.17) is 0 Å². The fourth-order valence-electron chi connectivity index (χ4n) is 38.0. The second kappa shape index (κ2) is 43.0. The largest absolute Gasteiger partial charge is 0.748 e. The number of rotatable bonds is 6. The molecule has 0 amide bonds. The van der Waals surface area contributed by atoms with E-state index in [2.05, 4.69) is 128 Å². The summed E-state index contributed by atoms with van der Waals surface area (Å²) in [5, 5.41) is 83.1. The monoisotopic (exact) mass is 2230 g/mol. The molecule has 826 valence electrons. The van der Waals surface area contributed by atoms with Crippen LogP contribution in [0.1, 0.15) is 270 Å². The molecule has 27 fully saturated rings. The number of hydrogen-bond acceptors (Lipinski definition) is 42. The Morgan fingerprint density at radius 1 is 0.123 bits per heavy atom. The van der Waals surface area contributed by atoms with E-state index in [-0.39, 0.29) is 204 Å². The summed E-state index contributed by atoms with van der Waals surface area (Å²) in [5.41, 5.74) is 0. The molecule has 2 radical (unpaired) electrons. The van der Waals surface area contributed by atoms with Crippen LogP contribution in [-0.4, -0.2) is 257 Å². The normalized spacial score (nSPS) is 53.1. The second-order valence-electron chi connectivity index (χ2n) is 50.4. The van der Waals surface area contributed by atoms with Crippen molar-refractivity contribution in [1.29, 1.82) is 0 Å². The van der Waals surface area contributed by atoms with Gasteiger partial charge in [-0.15, -0.1) is 0 Å². The first-order valence-electron chi connectivity index (χ1n) is 57.1. The summed E-state index contributed by atoms with van der Waals surface area (Å²) in [5.74, 6) is 4.25. The maximum atomic E-state index is 13.0. The summed E-state index contributed by atoms with van der Waals surface area (Å²) in [6.07, 6.45) is 40.6. The van der Waals surface area contributed by atoms with Gasteiger partial charge >= 0.3 is 0 Å². The predicted molar refractivity (Wildman–Crippen MR) is 525 cm³/mol. The van der Waals surface area contributed by atoms with Crippen molar-refractivity contribution < 1.29 is 115 Å². The Labute approximate surface area is 887 Å². The molecular formula is C96H162N24O18S6V2-6. The van der Waals surface area contributed by atoms with Crippen LogP contribution in [0.15, 0.2) is 0 Å². The third-order valence-electron chi connectivity index (χ3n) is 43.8. The van der Waals surface area contributed by atoms with E-state index in [1.807, 2.05) is 0 Å². The van der Waals surface area contributed by atoms with Gasteiger partial charge in [-0.3, -0.25) is 128 Å². The van der Waals surface area contributed by atoms with Gasteiger partial charge < -0.3 is 27.3 Å². The van der Waals surface area contributed by atoms with E-state index < -0.39 is 128 Å². The standard InChI is InChI=1S/3C32H56N8O6S2.2V/c3*41-47(42,43)22-14-13-21-23(24(22)48(44,45)46)32-39-30-20-12-6-5-11-19(20)28(37-30)35-26-16-8-2-1-7-15(16)25(33-26)34-27-17-9-3-4-10-18(17)29(36-27)38-31(21)40-32;;/h3*15-40H,1-14H2,(H,41,42,43)(H,44,45,46);;/p-6. The van der Waals surface area contributed by atoms with Crippen LogP contribution < -0.4 is 128 Å².